The molecule has 0 aliphatic carbocycles. The molecule has 0 amide bonds. The van der Waals surface area contributed by atoms with E-state index in [-0.39, 0.29) is 6.79 Å². The number of benzene rings is 3. The Morgan fingerprint density at radius 2 is 1.61 bits per heavy atom. The summed E-state index contributed by atoms with van der Waals surface area (Å²) in [4.78, 5) is 0. The number of hydrogen-bond acceptors (Lipinski definition) is 6. The van der Waals surface area contributed by atoms with Crippen molar-refractivity contribution >= 4 is 11.8 Å². The molecule has 138 valence electrons. The van der Waals surface area contributed by atoms with Gasteiger partial charge < -0.3 is 13.9 Å². The average Bonchev–Trinajstić information content (AvgIpc) is 3.42. The largest absolute Gasteiger partial charge is 0.454 e. The first kappa shape index (κ1) is 16.9. The maximum absolute atomic E-state index is 5.81. The molecule has 0 saturated heterocycles. The molecule has 1 aliphatic heterocycles. The highest BCUT2D eigenvalue weighted by Gasteiger charge is 2.17. The third-order valence-electron chi connectivity index (χ3n) is 4.42. The number of thioether (sulfide) groups is 1. The van der Waals surface area contributed by atoms with Gasteiger partial charge in [-0.05, 0) is 34.9 Å². The first-order chi connectivity index (χ1) is 13.8. The molecule has 0 spiro atoms. The standard InChI is InChI=1S/C22H16N2O3S/c1-2-6-16(7-3-1)17-8-4-5-15(11-17)13-28-22-24-23-21(27-22)18-9-10-19-20(12-18)26-14-25-19/h1-12H,13-14H2. The molecule has 0 unspecified atom stereocenters. The van der Waals surface area contributed by atoms with E-state index in [9.17, 15) is 0 Å². The summed E-state index contributed by atoms with van der Waals surface area (Å²) in [7, 11) is 0. The molecule has 2 heterocycles. The average molecular weight is 388 g/mol. The zero-order chi connectivity index (χ0) is 18.8. The summed E-state index contributed by atoms with van der Waals surface area (Å²) < 4.78 is 16.5. The van der Waals surface area contributed by atoms with Crippen molar-refractivity contribution in [2.24, 2.45) is 0 Å². The number of nitrogens with zero attached hydrogens (tertiary/aromatic N) is 2. The minimum absolute atomic E-state index is 0.242. The van der Waals surface area contributed by atoms with Gasteiger partial charge in [-0.1, -0.05) is 66.4 Å². The molecular formula is C22H16N2O3S. The second kappa shape index (κ2) is 7.40. The molecule has 5 rings (SSSR count). The normalized spacial score (nSPS) is 12.3. The molecule has 0 atom stereocenters. The van der Waals surface area contributed by atoms with Gasteiger partial charge in [0.2, 0.25) is 12.7 Å². The van der Waals surface area contributed by atoms with Crippen LogP contribution in [0.25, 0.3) is 22.6 Å². The molecule has 0 saturated carbocycles. The van der Waals surface area contributed by atoms with Gasteiger partial charge in [-0.3, -0.25) is 0 Å². The minimum Gasteiger partial charge on any atom is -0.454 e. The van der Waals surface area contributed by atoms with Gasteiger partial charge in [0.25, 0.3) is 5.22 Å². The Hall–Kier alpha value is -3.25. The van der Waals surface area contributed by atoms with Crippen molar-refractivity contribution in [1.82, 2.24) is 10.2 Å². The molecule has 1 aromatic heterocycles. The van der Waals surface area contributed by atoms with Gasteiger partial charge in [0.15, 0.2) is 11.5 Å². The topological polar surface area (TPSA) is 57.4 Å². The van der Waals surface area contributed by atoms with Gasteiger partial charge in [-0.25, -0.2) is 0 Å². The Morgan fingerprint density at radius 3 is 2.54 bits per heavy atom. The van der Waals surface area contributed by atoms with Crippen LogP contribution in [0.4, 0.5) is 0 Å². The van der Waals surface area contributed by atoms with Gasteiger partial charge in [0.05, 0.1) is 0 Å². The Kier molecular flexibility index (Phi) is 4.47. The van der Waals surface area contributed by atoms with E-state index in [1.165, 1.54) is 28.5 Å². The molecule has 4 aromatic rings. The fraction of sp³-hybridized carbons (Fsp3) is 0.0909. The number of ether oxygens (including phenoxy) is 2. The fourth-order valence-electron chi connectivity index (χ4n) is 3.03. The molecule has 3 aromatic carbocycles. The van der Waals surface area contributed by atoms with Crippen molar-refractivity contribution in [3.63, 3.8) is 0 Å². The zero-order valence-electron chi connectivity index (χ0n) is 14.9. The van der Waals surface area contributed by atoms with Gasteiger partial charge in [0.1, 0.15) is 0 Å². The second-order valence-corrected chi connectivity index (χ2v) is 7.22. The Bertz CT molecular complexity index is 1110. The SMILES string of the molecule is c1ccc(-c2cccc(CSc3nnc(-c4ccc5c(c4)OCO5)o3)c2)cc1. The van der Waals surface area contributed by atoms with Crippen LogP contribution >= 0.6 is 11.8 Å². The lowest BCUT2D eigenvalue weighted by molar-refractivity contribution is 0.174. The first-order valence-electron chi connectivity index (χ1n) is 8.86. The number of fused-ring (bicyclic) bond motifs is 1. The third kappa shape index (κ3) is 3.46. The summed E-state index contributed by atoms with van der Waals surface area (Å²) in [5, 5.41) is 8.85. The predicted octanol–water partition coefficient (Wildman–Crippen LogP) is 5.42. The number of hydrogen-bond donors (Lipinski definition) is 0. The number of aromatic nitrogens is 2. The van der Waals surface area contributed by atoms with Crippen LogP contribution in [0.1, 0.15) is 5.56 Å². The molecule has 28 heavy (non-hydrogen) atoms. The quantitative estimate of drug-likeness (QED) is 0.425. The molecule has 0 fully saturated rings. The maximum Gasteiger partial charge on any atom is 0.277 e. The highest BCUT2D eigenvalue weighted by molar-refractivity contribution is 7.98. The van der Waals surface area contributed by atoms with Gasteiger partial charge in [-0.15, -0.1) is 10.2 Å². The summed E-state index contributed by atoms with van der Waals surface area (Å²) in [6.45, 7) is 0.242. The van der Waals surface area contributed by atoms with Crippen LogP contribution in [0.5, 0.6) is 11.5 Å². The summed E-state index contributed by atoms with van der Waals surface area (Å²) in [6.07, 6.45) is 0. The second-order valence-electron chi connectivity index (χ2n) is 6.30. The van der Waals surface area contributed by atoms with Crippen molar-refractivity contribution in [3.05, 3.63) is 78.4 Å². The third-order valence-corrected chi connectivity index (χ3v) is 5.31. The van der Waals surface area contributed by atoms with E-state index in [0.717, 1.165) is 17.1 Å². The highest BCUT2D eigenvalue weighted by atomic mass is 32.2. The molecule has 0 radical (unpaired) electrons. The summed E-state index contributed by atoms with van der Waals surface area (Å²) >= 11 is 1.52. The van der Waals surface area contributed by atoms with E-state index in [1.54, 1.807) is 0 Å². The van der Waals surface area contributed by atoms with Crippen LogP contribution in [0.15, 0.2) is 82.4 Å². The lowest BCUT2D eigenvalue weighted by Gasteiger charge is -2.04. The van der Waals surface area contributed by atoms with Crippen LogP contribution in [0, 0.1) is 0 Å². The summed E-state index contributed by atoms with van der Waals surface area (Å²) in [6, 6.07) is 24.4. The minimum atomic E-state index is 0.242. The molecule has 6 heteroatoms. The van der Waals surface area contributed by atoms with Crippen molar-refractivity contribution in [2.45, 2.75) is 11.0 Å². The highest BCUT2D eigenvalue weighted by Crippen LogP contribution is 2.36. The van der Waals surface area contributed by atoms with E-state index in [0.29, 0.717) is 16.9 Å². The lowest BCUT2D eigenvalue weighted by Crippen LogP contribution is -1.92. The Balaban J connectivity index is 1.29. The van der Waals surface area contributed by atoms with Gasteiger partial charge >= 0.3 is 0 Å². The molecule has 0 N–H and O–H groups in total. The molecule has 1 aliphatic rings. The van der Waals surface area contributed by atoms with Crippen LogP contribution in [0.3, 0.4) is 0 Å². The first-order valence-corrected chi connectivity index (χ1v) is 9.84. The van der Waals surface area contributed by atoms with Crippen LogP contribution < -0.4 is 9.47 Å². The summed E-state index contributed by atoms with van der Waals surface area (Å²) in [5.41, 5.74) is 4.42. The van der Waals surface area contributed by atoms with E-state index < -0.39 is 0 Å². The molecule has 0 bridgehead atoms. The van der Waals surface area contributed by atoms with E-state index >= 15 is 0 Å². The zero-order valence-corrected chi connectivity index (χ0v) is 15.7. The summed E-state index contributed by atoms with van der Waals surface area (Å²) in [5.74, 6) is 2.65. The van der Waals surface area contributed by atoms with Crippen LogP contribution in [-0.4, -0.2) is 17.0 Å². The Labute approximate surface area is 166 Å². The molecule has 5 nitrogen and oxygen atoms in total. The number of rotatable bonds is 5. The van der Waals surface area contributed by atoms with Crippen molar-refractivity contribution in [3.8, 4) is 34.1 Å². The van der Waals surface area contributed by atoms with Crippen molar-refractivity contribution in [1.29, 1.82) is 0 Å². The van der Waals surface area contributed by atoms with Crippen molar-refractivity contribution < 1.29 is 13.9 Å². The van der Waals surface area contributed by atoms with E-state index in [2.05, 4.69) is 46.6 Å². The predicted molar refractivity (Wildman–Crippen MR) is 107 cm³/mol. The van der Waals surface area contributed by atoms with E-state index in [4.69, 9.17) is 13.9 Å². The smallest absolute Gasteiger partial charge is 0.277 e. The Morgan fingerprint density at radius 1 is 0.750 bits per heavy atom. The van der Waals surface area contributed by atoms with Gasteiger partial charge in [0, 0.05) is 11.3 Å². The monoisotopic (exact) mass is 388 g/mol. The van der Waals surface area contributed by atoms with Crippen LogP contribution in [0.2, 0.25) is 0 Å². The van der Waals surface area contributed by atoms with Gasteiger partial charge in [-0.2, -0.15) is 0 Å². The lowest BCUT2D eigenvalue weighted by atomic mass is 10.0. The fourth-order valence-corrected chi connectivity index (χ4v) is 3.74. The van der Waals surface area contributed by atoms with Crippen molar-refractivity contribution in [2.75, 3.05) is 6.79 Å². The van der Waals surface area contributed by atoms with Crippen LogP contribution in [-0.2, 0) is 5.75 Å². The molecular weight excluding hydrogens is 372 g/mol. The maximum atomic E-state index is 5.81. The van der Waals surface area contributed by atoms with E-state index in [1.807, 2.05) is 36.4 Å².